The van der Waals surface area contributed by atoms with Gasteiger partial charge in [-0.1, -0.05) is 0 Å². The Morgan fingerprint density at radius 2 is 2.44 bits per heavy atom. The van der Waals surface area contributed by atoms with Gasteiger partial charge in [-0.05, 0) is 7.05 Å². The summed E-state index contributed by atoms with van der Waals surface area (Å²) in [6.07, 6.45) is 4.63. The summed E-state index contributed by atoms with van der Waals surface area (Å²) < 4.78 is 1.84. The number of rotatable bonds is 3. The molecule has 2 rings (SSSR count). The maximum atomic E-state index is 11.6. The van der Waals surface area contributed by atoms with Crippen LogP contribution in [0.1, 0.15) is 6.04 Å². The van der Waals surface area contributed by atoms with Gasteiger partial charge >= 0.3 is 0 Å². The molecule has 0 spiro atoms. The van der Waals surface area contributed by atoms with E-state index in [0.717, 1.165) is 0 Å². The van der Waals surface area contributed by atoms with Crippen molar-refractivity contribution in [2.45, 2.75) is 12.1 Å². The van der Waals surface area contributed by atoms with Crippen molar-refractivity contribution in [1.29, 1.82) is 0 Å². The third-order valence-electron chi connectivity index (χ3n) is 2.85. The van der Waals surface area contributed by atoms with E-state index < -0.39 is 6.10 Å². The van der Waals surface area contributed by atoms with Crippen LogP contribution in [0.3, 0.4) is 0 Å². The van der Waals surface area contributed by atoms with E-state index in [1.165, 1.54) is 0 Å². The SMILES string of the molecule is CNCC(=O)N1CC(O)C(n2ccnc2)C1. The number of carbonyl (C=O) groups is 1. The van der Waals surface area contributed by atoms with E-state index in [1.807, 2.05) is 4.57 Å². The molecule has 6 heteroatoms. The molecular weight excluding hydrogens is 208 g/mol. The van der Waals surface area contributed by atoms with Crippen LogP contribution in [0.4, 0.5) is 0 Å². The maximum Gasteiger partial charge on any atom is 0.236 e. The Hall–Kier alpha value is -1.40. The largest absolute Gasteiger partial charge is 0.389 e. The number of likely N-dealkylation sites (N-methyl/N-ethyl adjacent to an activating group) is 1. The molecule has 2 atom stereocenters. The normalized spacial score (nSPS) is 25.0. The number of hydrogen-bond donors (Lipinski definition) is 2. The molecule has 2 heterocycles. The average Bonchev–Trinajstić information content (AvgIpc) is 2.86. The molecular formula is C10H16N4O2. The fraction of sp³-hybridized carbons (Fsp3) is 0.600. The molecule has 1 aromatic rings. The van der Waals surface area contributed by atoms with Crippen molar-refractivity contribution in [1.82, 2.24) is 19.8 Å². The summed E-state index contributed by atoms with van der Waals surface area (Å²) in [4.78, 5) is 17.2. The summed E-state index contributed by atoms with van der Waals surface area (Å²) >= 11 is 0. The van der Waals surface area contributed by atoms with Gasteiger partial charge in [-0.2, -0.15) is 0 Å². The second-order valence-electron chi connectivity index (χ2n) is 3.97. The molecule has 1 saturated heterocycles. The Morgan fingerprint density at radius 1 is 1.62 bits per heavy atom. The van der Waals surface area contributed by atoms with E-state index in [4.69, 9.17) is 0 Å². The molecule has 0 aliphatic carbocycles. The minimum absolute atomic E-state index is 0.0177. The van der Waals surface area contributed by atoms with Crippen LogP contribution in [0.2, 0.25) is 0 Å². The molecule has 1 amide bonds. The smallest absolute Gasteiger partial charge is 0.236 e. The highest BCUT2D eigenvalue weighted by Crippen LogP contribution is 2.21. The van der Waals surface area contributed by atoms with Crippen LogP contribution < -0.4 is 5.32 Å². The van der Waals surface area contributed by atoms with E-state index in [9.17, 15) is 9.90 Å². The first-order valence-corrected chi connectivity index (χ1v) is 5.30. The van der Waals surface area contributed by atoms with Crippen LogP contribution in [-0.4, -0.2) is 58.3 Å². The number of carbonyl (C=O) groups excluding carboxylic acids is 1. The van der Waals surface area contributed by atoms with Gasteiger partial charge in [-0.15, -0.1) is 0 Å². The first-order valence-electron chi connectivity index (χ1n) is 5.30. The molecule has 2 unspecified atom stereocenters. The number of nitrogens with zero attached hydrogens (tertiary/aromatic N) is 3. The number of amides is 1. The molecule has 6 nitrogen and oxygen atoms in total. The number of imidazole rings is 1. The molecule has 16 heavy (non-hydrogen) atoms. The van der Waals surface area contributed by atoms with Crippen molar-refractivity contribution in [3.05, 3.63) is 18.7 Å². The Balaban J connectivity index is 2.02. The van der Waals surface area contributed by atoms with Gasteiger partial charge in [0.05, 0.1) is 25.0 Å². The zero-order valence-corrected chi connectivity index (χ0v) is 9.21. The van der Waals surface area contributed by atoms with Crippen LogP contribution in [0.25, 0.3) is 0 Å². The monoisotopic (exact) mass is 224 g/mol. The lowest BCUT2D eigenvalue weighted by molar-refractivity contribution is -0.129. The molecule has 2 N–H and O–H groups in total. The minimum atomic E-state index is -0.519. The van der Waals surface area contributed by atoms with Gasteiger partial charge < -0.3 is 19.9 Å². The number of nitrogens with one attached hydrogen (secondary N) is 1. The fourth-order valence-corrected chi connectivity index (χ4v) is 1.99. The van der Waals surface area contributed by atoms with E-state index >= 15 is 0 Å². The summed E-state index contributed by atoms with van der Waals surface area (Å²) in [6, 6.07) is -0.0803. The van der Waals surface area contributed by atoms with E-state index in [2.05, 4.69) is 10.3 Å². The Bertz CT molecular complexity index is 352. The number of aliphatic hydroxyl groups is 1. The Morgan fingerprint density at radius 3 is 3.06 bits per heavy atom. The second kappa shape index (κ2) is 4.63. The van der Waals surface area contributed by atoms with Crippen LogP contribution in [0.5, 0.6) is 0 Å². The summed E-state index contributed by atoms with van der Waals surface area (Å²) in [6.45, 7) is 1.24. The van der Waals surface area contributed by atoms with Crippen molar-refractivity contribution in [3.8, 4) is 0 Å². The number of β-amino-alcohol motifs (C(OH)–C–C–N with tert-alkyl or cyclic N) is 1. The minimum Gasteiger partial charge on any atom is -0.389 e. The lowest BCUT2D eigenvalue weighted by atomic mass is 10.2. The van der Waals surface area contributed by atoms with Gasteiger partial charge in [-0.25, -0.2) is 4.98 Å². The standard InChI is InChI=1S/C10H16N4O2/c1-11-4-10(16)14-5-8(9(15)6-14)13-3-2-12-7-13/h2-3,7-9,11,15H,4-6H2,1H3. The van der Waals surface area contributed by atoms with Crippen molar-refractivity contribution in [3.63, 3.8) is 0 Å². The Kier molecular flexibility index (Phi) is 3.21. The average molecular weight is 224 g/mol. The lowest BCUT2D eigenvalue weighted by Gasteiger charge is -2.16. The number of hydrogen-bond acceptors (Lipinski definition) is 4. The van der Waals surface area contributed by atoms with Crippen molar-refractivity contribution in [2.75, 3.05) is 26.7 Å². The lowest BCUT2D eigenvalue weighted by Crippen LogP contribution is -2.36. The zero-order chi connectivity index (χ0) is 11.5. The topological polar surface area (TPSA) is 70.4 Å². The number of aliphatic hydroxyl groups excluding tert-OH is 1. The first kappa shape index (κ1) is 11.1. The highest BCUT2D eigenvalue weighted by molar-refractivity contribution is 5.78. The van der Waals surface area contributed by atoms with Crippen molar-refractivity contribution >= 4 is 5.91 Å². The summed E-state index contributed by atoms with van der Waals surface area (Å²) in [5.74, 6) is 0.0177. The quantitative estimate of drug-likeness (QED) is 0.680. The number of likely N-dealkylation sites (tertiary alicyclic amines) is 1. The third kappa shape index (κ3) is 2.07. The maximum absolute atomic E-state index is 11.6. The molecule has 1 aliphatic rings. The molecule has 1 aromatic heterocycles. The number of aromatic nitrogens is 2. The highest BCUT2D eigenvalue weighted by Gasteiger charge is 2.34. The summed E-state index contributed by atoms with van der Waals surface area (Å²) in [5, 5.41) is 12.7. The predicted octanol–water partition coefficient (Wildman–Crippen LogP) is -1.15. The van der Waals surface area contributed by atoms with E-state index in [0.29, 0.717) is 19.6 Å². The molecule has 1 fully saturated rings. The molecule has 0 aromatic carbocycles. The molecule has 0 bridgehead atoms. The molecule has 0 saturated carbocycles. The fourth-order valence-electron chi connectivity index (χ4n) is 1.99. The second-order valence-corrected chi connectivity index (χ2v) is 3.97. The summed E-state index contributed by atoms with van der Waals surface area (Å²) in [5.41, 5.74) is 0. The molecule has 88 valence electrons. The van der Waals surface area contributed by atoms with Crippen molar-refractivity contribution in [2.24, 2.45) is 0 Å². The van der Waals surface area contributed by atoms with Gasteiger partial charge in [-0.3, -0.25) is 4.79 Å². The van der Waals surface area contributed by atoms with Gasteiger partial charge in [0.15, 0.2) is 0 Å². The third-order valence-corrected chi connectivity index (χ3v) is 2.85. The van der Waals surface area contributed by atoms with Crippen LogP contribution in [-0.2, 0) is 4.79 Å². The van der Waals surface area contributed by atoms with Crippen LogP contribution in [0, 0.1) is 0 Å². The predicted molar refractivity (Wildman–Crippen MR) is 57.8 cm³/mol. The zero-order valence-electron chi connectivity index (χ0n) is 9.21. The Labute approximate surface area is 93.9 Å². The van der Waals surface area contributed by atoms with Gasteiger partial charge in [0, 0.05) is 25.5 Å². The van der Waals surface area contributed by atoms with Gasteiger partial charge in [0.2, 0.25) is 5.91 Å². The molecule has 0 radical (unpaired) electrons. The van der Waals surface area contributed by atoms with E-state index in [1.54, 1.807) is 30.7 Å². The van der Waals surface area contributed by atoms with Gasteiger partial charge in [0.1, 0.15) is 0 Å². The van der Waals surface area contributed by atoms with E-state index in [-0.39, 0.29) is 11.9 Å². The van der Waals surface area contributed by atoms with Gasteiger partial charge in [0.25, 0.3) is 0 Å². The van der Waals surface area contributed by atoms with Crippen LogP contribution >= 0.6 is 0 Å². The van der Waals surface area contributed by atoms with Crippen LogP contribution in [0.15, 0.2) is 18.7 Å². The molecule has 1 aliphatic heterocycles. The highest BCUT2D eigenvalue weighted by atomic mass is 16.3. The van der Waals surface area contributed by atoms with Crippen molar-refractivity contribution < 1.29 is 9.90 Å². The summed E-state index contributed by atoms with van der Waals surface area (Å²) in [7, 11) is 1.73. The first-order chi connectivity index (χ1) is 7.72.